The molecular weight excluding hydrogens is 308 g/mol. The lowest BCUT2D eigenvalue weighted by atomic mass is 9.71. The summed E-state index contributed by atoms with van der Waals surface area (Å²) in [7, 11) is 0. The van der Waals surface area contributed by atoms with Gasteiger partial charge in [-0.1, -0.05) is 43.5 Å². The monoisotopic (exact) mass is 336 g/mol. The van der Waals surface area contributed by atoms with Crippen molar-refractivity contribution in [1.82, 2.24) is 4.90 Å². The second-order valence-electron chi connectivity index (χ2n) is 7.15. The third kappa shape index (κ3) is 3.72. The molecule has 1 unspecified atom stereocenters. The van der Waals surface area contributed by atoms with Gasteiger partial charge in [0.1, 0.15) is 0 Å². The minimum absolute atomic E-state index is 0. The van der Waals surface area contributed by atoms with Gasteiger partial charge in [-0.2, -0.15) is 0 Å². The van der Waals surface area contributed by atoms with Crippen molar-refractivity contribution < 1.29 is 4.79 Å². The van der Waals surface area contributed by atoms with E-state index in [9.17, 15) is 4.79 Å². The van der Waals surface area contributed by atoms with E-state index in [-0.39, 0.29) is 23.9 Å². The molecule has 3 nitrogen and oxygen atoms in total. The maximum Gasteiger partial charge on any atom is 0.223 e. The standard InChI is InChI=1S/C19H28N2O.ClH/c1-15-17-8-4-3-7-16(17)9-12-21(15)18(22)13-19(14-20)10-5-2-6-11-19;/h3-4,7-8,15H,2,5-6,9-14,20H2,1H3;1H. The topological polar surface area (TPSA) is 46.3 Å². The van der Waals surface area contributed by atoms with Crippen molar-refractivity contribution >= 4 is 18.3 Å². The number of halogens is 1. The van der Waals surface area contributed by atoms with Crippen molar-refractivity contribution in [3.05, 3.63) is 35.4 Å². The minimum atomic E-state index is 0. The molecule has 1 aliphatic carbocycles. The highest BCUT2D eigenvalue weighted by atomic mass is 35.5. The maximum atomic E-state index is 12.9. The van der Waals surface area contributed by atoms with Crippen LogP contribution in [0.5, 0.6) is 0 Å². The zero-order chi connectivity index (χ0) is 15.6. The summed E-state index contributed by atoms with van der Waals surface area (Å²) in [5.41, 5.74) is 8.82. The molecule has 1 fully saturated rings. The molecule has 23 heavy (non-hydrogen) atoms. The zero-order valence-corrected chi connectivity index (χ0v) is 14.9. The number of nitrogens with zero attached hydrogens (tertiary/aromatic N) is 1. The summed E-state index contributed by atoms with van der Waals surface area (Å²) >= 11 is 0. The van der Waals surface area contributed by atoms with Crippen molar-refractivity contribution in [3.8, 4) is 0 Å². The highest BCUT2D eigenvalue weighted by molar-refractivity contribution is 5.85. The Bertz CT molecular complexity index is 540. The lowest BCUT2D eigenvalue weighted by Crippen LogP contribution is -2.43. The molecule has 1 aromatic rings. The van der Waals surface area contributed by atoms with Gasteiger partial charge >= 0.3 is 0 Å². The third-order valence-electron chi connectivity index (χ3n) is 5.79. The van der Waals surface area contributed by atoms with Crippen LogP contribution in [0.3, 0.4) is 0 Å². The average molecular weight is 337 g/mol. The Morgan fingerprint density at radius 2 is 1.96 bits per heavy atom. The molecule has 1 aromatic carbocycles. The van der Waals surface area contributed by atoms with Gasteiger partial charge in [-0.3, -0.25) is 4.79 Å². The van der Waals surface area contributed by atoms with Crippen LogP contribution in [0, 0.1) is 5.41 Å². The second-order valence-corrected chi connectivity index (χ2v) is 7.15. The largest absolute Gasteiger partial charge is 0.336 e. The molecule has 1 heterocycles. The van der Waals surface area contributed by atoms with Crippen molar-refractivity contribution in [2.45, 2.75) is 57.9 Å². The van der Waals surface area contributed by atoms with Gasteiger partial charge in [0, 0.05) is 13.0 Å². The Labute approximate surface area is 146 Å². The fourth-order valence-corrected chi connectivity index (χ4v) is 4.29. The first-order chi connectivity index (χ1) is 10.7. The highest BCUT2D eigenvalue weighted by Gasteiger charge is 2.36. The minimum Gasteiger partial charge on any atom is -0.336 e. The van der Waals surface area contributed by atoms with E-state index in [1.165, 1.54) is 30.4 Å². The molecule has 1 saturated carbocycles. The molecule has 128 valence electrons. The van der Waals surface area contributed by atoms with Gasteiger partial charge in [0.05, 0.1) is 6.04 Å². The van der Waals surface area contributed by atoms with E-state index in [0.29, 0.717) is 18.9 Å². The molecule has 3 rings (SSSR count). The lowest BCUT2D eigenvalue weighted by molar-refractivity contribution is -0.136. The normalized spacial score (nSPS) is 22.9. The number of carbonyl (C=O) groups excluding carboxylic acids is 1. The Morgan fingerprint density at radius 3 is 2.65 bits per heavy atom. The number of carbonyl (C=O) groups is 1. The summed E-state index contributed by atoms with van der Waals surface area (Å²) in [6.45, 7) is 3.65. The van der Waals surface area contributed by atoms with Crippen molar-refractivity contribution in [2.24, 2.45) is 11.1 Å². The summed E-state index contributed by atoms with van der Waals surface area (Å²) < 4.78 is 0. The molecule has 4 heteroatoms. The number of hydrogen-bond acceptors (Lipinski definition) is 2. The van der Waals surface area contributed by atoms with Crippen molar-refractivity contribution in [1.29, 1.82) is 0 Å². The van der Waals surface area contributed by atoms with Crippen LogP contribution < -0.4 is 5.73 Å². The Kier molecular flexibility index (Phi) is 6.10. The molecule has 0 saturated heterocycles. The zero-order valence-electron chi connectivity index (χ0n) is 14.1. The maximum absolute atomic E-state index is 12.9. The number of benzene rings is 1. The van der Waals surface area contributed by atoms with E-state index < -0.39 is 0 Å². The van der Waals surface area contributed by atoms with Gasteiger partial charge < -0.3 is 10.6 Å². The van der Waals surface area contributed by atoms with E-state index >= 15 is 0 Å². The first-order valence-corrected chi connectivity index (χ1v) is 8.73. The van der Waals surface area contributed by atoms with Crippen LogP contribution in [0.2, 0.25) is 0 Å². The molecule has 2 N–H and O–H groups in total. The number of amides is 1. The van der Waals surface area contributed by atoms with Gasteiger partial charge in [-0.15, -0.1) is 12.4 Å². The smallest absolute Gasteiger partial charge is 0.223 e. The van der Waals surface area contributed by atoms with Crippen molar-refractivity contribution in [3.63, 3.8) is 0 Å². The molecular formula is C19H29ClN2O. The van der Waals surface area contributed by atoms with Gasteiger partial charge in [0.2, 0.25) is 5.91 Å². The molecule has 0 radical (unpaired) electrons. The number of rotatable bonds is 3. The van der Waals surface area contributed by atoms with Crippen molar-refractivity contribution in [2.75, 3.05) is 13.1 Å². The lowest BCUT2D eigenvalue weighted by Gasteiger charge is -2.40. The predicted octanol–water partition coefficient (Wildman–Crippen LogP) is 3.85. The van der Waals surface area contributed by atoms with Crippen LogP contribution in [0.15, 0.2) is 24.3 Å². The van der Waals surface area contributed by atoms with E-state index in [4.69, 9.17) is 5.73 Å². The summed E-state index contributed by atoms with van der Waals surface area (Å²) in [6.07, 6.45) is 7.59. The predicted molar refractivity (Wildman–Crippen MR) is 96.7 cm³/mol. The second kappa shape index (κ2) is 7.67. The van der Waals surface area contributed by atoms with Crippen LogP contribution in [-0.4, -0.2) is 23.9 Å². The van der Waals surface area contributed by atoms with E-state index in [1.807, 2.05) is 0 Å². The van der Waals surface area contributed by atoms with E-state index in [1.54, 1.807) is 0 Å². The molecule has 1 amide bonds. The molecule has 0 spiro atoms. The molecule has 0 aromatic heterocycles. The number of nitrogens with two attached hydrogens (primary N) is 1. The molecule has 0 bridgehead atoms. The van der Waals surface area contributed by atoms with Crippen LogP contribution in [0.1, 0.15) is 62.6 Å². The van der Waals surface area contributed by atoms with Crippen LogP contribution in [0.4, 0.5) is 0 Å². The summed E-state index contributed by atoms with van der Waals surface area (Å²) in [5, 5.41) is 0. The fraction of sp³-hybridized carbons (Fsp3) is 0.632. The molecule has 1 aliphatic heterocycles. The van der Waals surface area contributed by atoms with Gasteiger partial charge in [0.25, 0.3) is 0 Å². The third-order valence-corrected chi connectivity index (χ3v) is 5.79. The SMILES string of the molecule is CC1c2ccccc2CCN1C(=O)CC1(CN)CCCCC1.Cl. The first kappa shape index (κ1) is 18.3. The van der Waals surface area contributed by atoms with E-state index in [0.717, 1.165) is 25.8 Å². The number of hydrogen-bond donors (Lipinski definition) is 1. The number of fused-ring (bicyclic) bond motifs is 1. The van der Waals surface area contributed by atoms with Gasteiger partial charge in [-0.05, 0) is 49.3 Å². The Morgan fingerprint density at radius 1 is 1.26 bits per heavy atom. The Hall–Kier alpha value is -1.06. The quantitative estimate of drug-likeness (QED) is 0.911. The van der Waals surface area contributed by atoms with Gasteiger partial charge in [0.15, 0.2) is 0 Å². The van der Waals surface area contributed by atoms with Crippen LogP contribution in [-0.2, 0) is 11.2 Å². The van der Waals surface area contributed by atoms with Gasteiger partial charge in [-0.25, -0.2) is 0 Å². The van der Waals surface area contributed by atoms with Crippen LogP contribution in [0.25, 0.3) is 0 Å². The molecule has 2 aliphatic rings. The summed E-state index contributed by atoms with van der Waals surface area (Å²) in [6, 6.07) is 8.71. The highest BCUT2D eigenvalue weighted by Crippen LogP contribution is 2.40. The van der Waals surface area contributed by atoms with Crippen LogP contribution >= 0.6 is 12.4 Å². The average Bonchev–Trinajstić information content (AvgIpc) is 2.56. The molecule has 1 atom stereocenters. The fourth-order valence-electron chi connectivity index (χ4n) is 4.29. The van der Waals surface area contributed by atoms with E-state index in [2.05, 4.69) is 36.1 Å². The summed E-state index contributed by atoms with van der Waals surface area (Å²) in [4.78, 5) is 15.0. The first-order valence-electron chi connectivity index (χ1n) is 8.73. The Balaban J connectivity index is 0.00000192. The summed E-state index contributed by atoms with van der Waals surface area (Å²) in [5.74, 6) is 0.300.